The molecular formula is C66H138N8O29S3. The van der Waals surface area contributed by atoms with Gasteiger partial charge < -0.3 is 150 Å². The Morgan fingerprint density at radius 1 is 0.226 bits per heavy atom. The van der Waals surface area contributed by atoms with Crippen LogP contribution in [0.15, 0.2) is 0 Å². The van der Waals surface area contributed by atoms with Crippen molar-refractivity contribution in [3.63, 3.8) is 0 Å². The number of esters is 7. The smallest absolute Gasteiger partial charge is 0.319 e. The van der Waals surface area contributed by atoms with Gasteiger partial charge in [-0.25, -0.2) is 0 Å². The maximum atomic E-state index is 11.4. The Morgan fingerprint density at radius 2 is 0.377 bits per heavy atom. The van der Waals surface area contributed by atoms with Crippen molar-refractivity contribution >= 4 is 79.7 Å². The van der Waals surface area contributed by atoms with Gasteiger partial charge in [0.05, 0.1) is 254 Å². The maximum Gasteiger partial charge on any atom is 0.319 e. The summed E-state index contributed by atoms with van der Waals surface area (Å²) in [5.74, 6) is -1.95. The van der Waals surface area contributed by atoms with Crippen LogP contribution in [0.5, 0.6) is 0 Å². The number of rotatable bonds is 74. The van der Waals surface area contributed by atoms with Crippen molar-refractivity contribution in [3.05, 3.63) is 0 Å². The van der Waals surface area contributed by atoms with Crippen LogP contribution >= 0.6 is 37.9 Å². The van der Waals surface area contributed by atoms with Gasteiger partial charge in [0.1, 0.15) is 46.2 Å². The summed E-state index contributed by atoms with van der Waals surface area (Å²) in [5, 5.41) is 0. The lowest BCUT2D eigenvalue weighted by molar-refractivity contribution is -0.151. The molecule has 0 amide bonds. The average Bonchev–Trinajstić information content (AvgIpc) is 0.894. The van der Waals surface area contributed by atoms with Crippen LogP contribution in [0.3, 0.4) is 0 Å². The minimum absolute atomic E-state index is 0. The number of ether oxygens (including phenoxy) is 22. The number of hydrogen-bond acceptors (Lipinski definition) is 40. The third kappa shape index (κ3) is 74.5. The van der Waals surface area contributed by atoms with E-state index in [0.29, 0.717) is 175 Å². The Kier molecular flexibility index (Phi) is 91.3. The Hall–Kier alpha value is -3.58. The van der Waals surface area contributed by atoms with E-state index in [4.69, 9.17) is 150 Å². The fraction of sp³-hybridized carbons (Fsp3) is 0.894. The topological polar surface area (TPSA) is 531 Å². The largest absolute Gasteiger partial charge is 0.463 e. The van der Waals surface area contributed by atoms with Gasteiger partial charge in [0.25, 0.3) is 0 Å². The summed E-state index contributed by atoms with van der Waals surface area (Å²) >= 11 is 12.0. The molecule has 0 spiro atoms. The number of carbonyl (C=O) groups is 7. The third-order valence-corrected chi connectivity index (χ3v) is 13.5. The van der Waals surface area contributed by atoms with Gasteiger partial charge in [0.2, 0.25) is 0 Å². The zero-order valence-electron chi connectivity index (χ0n) is 60.6. The van der Waals surface area contributed by atoms with Crippen molar-refractivity contribution in [1.82, 2.24) is 0 Å². The van der Waals surface area contributed by atoms with Crippen LogP contribution in [0.2, 0.25) is 0 Å². The number of thiol groups is 3. The van der Waals surface area contributed by atoms with Gasteiger partial charge in [-0.3, -0.25) is 33.6 Å². The van der Waals surface area contributed by atoms with Crippen molar-refractivity contribution in [1.29, 1.82) is 0 Å². The third-order valence-electron chi connectivity index (χ3n) is 12.8. The first kappa shape index (κ1) is 113. The average molecular weight is 1600 g/mol. The first-order valence-corrected chi connectivity index (χ1v) is 36.1. The summed E-state index contributed by atoms with van der Waals surface area (Å²) in [4.78, 5) is 79.0. The van der Waals surface area contributed by atoms with Crippen molar-refractivity contribution in [2.75, 3.05) is 314 Å². The van der Waals surface area contributed by atoms with E-state index < -0.39 is 40.1 Å². The lowest BCUT2D eigenvalue weighted by atomic mass is 9.88. The van der Waals surface area contributed by atoms with Crippen LogP contribution in [0.4, 0.5) is 0 Å². The minimum atomic E-state index is -0.897. The molecule has 106 heavy (non-hydrogen) atoms. The Labute approximate surface area is 645 Å². The second kappa shape index (κ2) is 85.4. The van der Waals surface area contributed by atoms with Crippen molar-refractivity contribution < 1.29 is 138 Å². The van der Waals surface area contributed by atoms with Gasteiger partial charge in [-0.05, 0) is 6.42 Å². The molecule has 0 aromatic carbocycles. The Morgan fingerprint density at radius 3 is 0.528 bits per heavy atom. The molecule has 0 aliphatic carbocycles. The molecule has 0 aromatic heterocycles. The van der Waals surface area contributed by atoms with E-state index in [1.165, 1.54) is 0 Å². The molecule has 634 valence electrons. The van der Waals surface area contributed by atoms with Crippen molar-refractivity contribution in [2.45, 2.75) is 54.9 Å². The summed E-state index contributed by atoms with van der Waals surface area (Å²) in [6.07, 6.45) is 1.44. The molecule has 16 N–H and O–H groups in total. The summed E-state index contributed by atoms with van der Waals surface area (Å²) in [5.41, 5.74) is 40.7. The Bertz CT molecular complexity index is 1760. The summed E-state index contributed by atoms with van der Waals surface area (Å²) in [6, 6.07) is 0. The monoisotopic (exact) mass is 1600 g/mol. The molecule has 0 saturated heterocycles. The predicted molar refractivity (Wildman–Crippen MR) is 405 cm³/mol. The number of carbonyl (C=O) groups excluding carboxylic acids is 7. The second-order valence-electron chi connectivity index (χ2n) is 21.8. The van der Waals surface area contributed by atoms with Gasteiger partial charge in [-0.2, -0.15) is 37.9 Å². The molecule has 0 rings (SSSR count). The van der Waals surface area contributed by atoms with Gasteiger partial charge in [-0.1, -0.05) is 29.2 Å². The highest BCUT2D eigenvalue weighted by molar-refractivity contribution is 7.80. The molecule has 0 saturated carbocycles. The first-order chi connectivity index (χ1) is 50.0. The number of hydrogen-bond donors (Lipinski definition) is 11. The predicted octanol–water partition coefficient (Wildman–Crippen LogP) is -2.08. The van der Waals surface area contributed by atoms with E-state index in [9.17, 15) is 33.6 Å². The molecule has 37 nitrogen and oxygen atoms in total. The first-order valence-electron chi connectivity index (χ1n) is 34.2. The normalized spacial score (nSPS) is 11.1. The van der Waals surface area contributed by atoms with Crippen LogP contribution < -0.4 is 45.9 Å². The van der Waals surface area contributed by atoms with E-state index in [2.05, 4.69) is 37.9 Å². The van der Waals surface area contributed by atoms with Gasteiger partial charge in [0, 0.05) is 48.9 Å². The van der Waals surface area contributed by atoms with Crippen LogP contribution in [-0.4, -0.2) is 356 Å². The summed E-state index contributed by atoms with van der Waals surface area (Å²) < 4.78 is 120. The summed E-state index contributed by atoms with van der Waals surface area (Å²) in [6.45, 7) is 12.4. The van der Waals surface area contributed by atoms with E-state index >= 15 is 0 Å². The molecule has 0 aromatic rings. The molecular weight excluding hydrogens is 1460 g/mol. The quantitative estimate of drug-likeness (QED) is 0.0135. The van der Waals surface area contributed by atoms with Crippen LogP contribution in [0, 0.1) is 16.2 Å². The zero-order chi connectivity index (χ0) is 76.9. The van der Waals surface area contributed by atoms with Crippen LogP contribution in [-0.2, 0) is 138 Å². The highest BCUT2D eigenvalue weighted by Gasteiger charge is 2.35. The second-order valence-corrected chi connectivity index (χ2v) is 23.2. The fourth-order valence-electron chi connectivity index (χ4n) is 7.55. The highest BCUT2D eigenvalue weighted by Crippen LogP contribution is 2.25. The van der Waals surface area contributed by atoms with Crippen molar-refractivity contribution in [3.8, 4) is 0 Å². The molecule has 0 aliphatic heterocycles. The molecule has 40 heteroatoms. The van der Waals surface area contributed by atoms with Crippen molar-refractivity contribution in [2.24, 2.45) is 62.1 Å². The van der Waals surface area contributed by atoms with E-state index in [1.54, 1.807) is 0 Å². The maximum absolute atomic E-state index is 11.4. The van der Waals surface area contributed by atoms with E-state index in [0.717, 1.165) is 0 Å². The van der Waals surface area contributed by atoms with E-state index in [1.807, 2.05) is 6.92 Å². The lowest BCUT2D eigenvalue weighted by Gasteiger charge is -2.33. The lowest BCUT2D eigenvalue weighted by Crippen LogP contribution is -2.43. The standard InChI is InChI=1S/C21H40N4O12.C21H48N4O8.C21H38O9S3.3CH4/c22-9-17(26)34-5-1-30-13-21(14-31-2-6-35-18(27)10-23,15-32-3-7-36-19(28)11-24)16-33-4-8-37-20(29)12-25;22-1-5-26-9-13-30-17-21(18-31-14-10-27-6-2-23,19-32-15-11-28-7-3-24)20-33-16-12-29-8-4-25;1-2-21(15-25-6-9-28-18(22)3-12-31,16-26-7-10-29-19(23)4-13-32)17-27-8-11-30-20(24)5-14-33;;;/h1-16,22-25H2;1-20,22-25H2;31-33H,2-17H2,1H3;3*1H4. The molecule has 0 heterocycles. The molecule has 0 unspecified atom stereocenters. The zero-order valence-corrected chi connectivity index (χ0v) is 63.3. The fourth-order valence-corrected chi connectivity index (χ4v) is 8.09. The molecule has 0 fully saturated rings. The molecule has 0 radical (unpaired) electrons. The molecule has 0 atom stereocenters. The van der Waals surface area contributed by atoms with Gasteiger partial charge in [-0.15, -0.1) is 0 Å². The SMILES string of the molecule is C.C.C.CCC(COCCOC(=O)CCS)(COCCOC(=O)CCS)COCCOC(=O)CCS.NCC(=O)OCCOCC(COCCOC(=O)CN)(COCCOC(=O)CN)COCCOC(=O)CN.NCCOCCOCC(COCCOCCN)(COCCOCCN)COCCOCCN. The van der Waals surface area contributed by atoms with Crippen LogP contribution in [0.1, 0.15) is 54.9 Å². The minimum Gasteiger partial charge on any atom is -0.463 e. The molecule has 0 aliphatic rings. The van der Waals surface area contributed by atoms with Crippen LogP contribution in [0.25, 0.3) is 0 Å². The van der Waals surface area contributed by atoms with Gasteiger partial charge in [0.15, 0.2) is 0 Å². The van der Waals surface area contributed by atoms with E-state index in [-0.39, 0.29) is 205 Å². The molecule has 0 bridgehead atoms. The summed E-state index contributed by atoms with van der Waals surface area (Å²) in [7, 11) is 0. The highest BCUT2D eigenvalue weighted by atomic mass is 32.1. The number of nitrogens with two attached hydrogens (primary N) is 8. The Balaban J connectivity index is -0.000000350. The van der Waals surface area contributed by atoms with Gasteiger partial charge >= 0.3 is 41.8 Å².